The molecule has 0 rings (SSSR count). The van der Waals surface area contributed by atoms with Crippen LogP contribution in [-0.4, -0.2) is 11.1 Å². The molecule has 0 heterocycles. The third-order valence-electron chi connectivity index (χ3n) is 5.20. The second-order valence-corrected chi connectivity index (χ2v) is 7.62. The molecule has 0 aliphatic rings. The Hall–Kier alpha value is -0.530. The maximum Gasteiger partial charge on any atom is 0.303 e. The second-order valence-electron chi connectivity index (χ2n) is 7.62. The molecule has 0 saturated heterocycles. The van der Waals surface area contributed by atoms with Crippen LogP contribution < -0.4 is 0 Å². The summed E-state index contributed by atoms with van der Waals surface area (Å²) in [6, 6.07) is 0. The number of hydrogen-bond acceptors (Lipinski definition) is 1. The molecule has 1 atom stereocenters. The Balaban J connectivity index is 3.42. The first kappa shape index (κ1) is 23.5. The minimum atomic E-state index is -0.633. The van der Waals surface area contributed by atoms with Gasteiger partial charge < -0.3 is 5.11 Å². The van der Waals surface area contributed by atoms with Gasteiger partial charge >= 0.3 is 5.97 Å². The van der Waals surface area contributed by atoms with E-state index in [1.54, 1.807) is 0 Å². The van der Waals surface area contributed by atoms with Gasteiger partial charge in [-0.25, -0.2) is 0 Å². The van der Waals surface area contributed by atoms with E-state index in [0.717, 1.165) is 6.42 Å². The highest BCUT2D eigenvalue weighted by Crippen LogP contribution is 2.22. The van der Waals surface area contributed by atoms with Gasteiger partial charge in [-0.1, -0.05) is 117 Å². The minimum absolute atomic E-state index is 0.354. The van der Waals surface area contributed by atoms with Crippen molar-refractivity contribution in [1.82, 2.24) is 0 Å². The highest BCUT2D eigenvalue weighted by atomic mass is 16.4. The lowest BCUT2D eigenvalue weighted by Gasteiger charge is -2.15. The van der Waals surface area contributed by atoms with E-state index in [-0.39, 0.29) is 0 Å². The number of aliphatic carboxylic acids is 1. The quantitative estimate of drug-likeness (QED) is 0.244. The SMILES string of the molecule is CCCCCCCCCCCCCCC(CCCC)CCC(=O)O. The van der Waals surface area contributed by atoms with E-state index in [9.17, 15) is 4.79 Å². The van der Waals surface area contributed by atoms with Crippen LogP contribution in [0.1, 0.15) is 129 Å². The van der Waals surface area contributed by atoms with Crippen LogP contribution in [0, 0.1) is 5.92 Å². The number of carboxylic acid groups (broad SMARTS) is 1. The summed E-state index contributed by atoms with van der Waals surface area (Å²) in [5, 5.41) is 8.86. The molecule has 0 bridgehead atoms. The van der Waals surface area contributed by atoms with Gasteiger partial charge in [0.2, 0.25) is 0 Å². The molecule has 0 amide bonds. The molecule has 0 saturated carbocycles. The Labute approximate surface area is 151 Å². The van der Waals surface area contributed by atoms with Gasteiger partial charge in [0.25, 0.3) is 0 Å². The van der Waals surface area contributed by atoms with Gasteiger partial charge in [-0.2, -0.15) is 0 Å². The van der Waals surface area contributed by atoms with Crippen molar-refractivity contribution in [1.29, 1.82) is 0 Å². The summed E-state index contributed by atoms with van der Waals surface area (Å²) >= 11 is 0. The van der Waals surface area contributed by atoms with Gasteiger partial charge in [-0.05, 0) is 12.3 Å². The minimum Gasteiger partial charge on any atom is -0.481 e. The summed E-state index contributed by atoms with van der Waals surface area (Å²) in [5.41, 5.74) is 0. The van der Waals surface area contributed by atoms with E-state index >= 15 is 0 Å². The van der Waals surface area contributed by atoms with Crippen LogP contribution >= 0.6 is 0 Å². The van der Waals surface area contributed by atoms with E-state index < -0.39 is 5.97 Å². The zero-order chi connectivity index (χ0) is 17.9. The van der Waals surface area contributed by atoms with Gasteiger partial charge in [-0.3, -0.25) is 4.79 Å². The smallest absolute Gasteiger partial charge is 0.303 e. The molecule has 2 heteroatoms. The third kappa shape index (κ3) is 17.8. The van der Waals surface area contributed by atoms with Crippen LogP contribution in [-0.2, 0) is 4.79 Å². The lowest BCUT2D eigenvalue weighted by molar-refractivity contribution is -0.137. The molecule has 0 radical (unpaired) electrons. The van der Waals surface area contributed by atoms with Gasteiger partial charge in [-0.15, -0.1) is 0 Å². The third-order valence-corrected chi connectivity index (χ3v) is 5.20. The number of unbranched alkanes of at least 4 members (excludes halogenated alkanes) is 12. The normalized spacial score (nSPS) is 12.4. The maximum atomic E-state index is 10.8. The summed E-state index contributed by atoms with van der Waals surface area (Å²) in [6.07, 6.45) is 22.9. The number of carbonyl (C=O) groups is 1. The van der Waals surface area contributed by atoms with E-state index in [2.05, 4.69) is 13.8 Å². The number of carboxylic acids is 1. The molecule has 0 aliphatic carbocycles. The van der Waals surface area contributed by atoms with E-state index in [0.29, 0.717) is 12.3 Å². The molecule has 1 unspecified atom stereocenters. The Morgan fingerprint density at radius 3 is 1.50 bits per heavy atom. The average Bonchev–Trinajstić information content (AvgIpc) is 2.57. The highest BCUT2D eigenvalue weighted by Gasteiger charge is 2.10. The topological polar surface area (TPSA) is 37.3 Å². The zero-order valence-electron chi connectivity index (χ0n) is 16.7. The van der Waals surface area contributed by atoms with E-state index in [1.807, 2.05) is 0 Å². The van der Waals surface area contributed by atoms with Gasteiger partial charge in [0.05, 0.1) is 0 Å². The van der Waals surface area contributed by atoms with Crippen molar-refractivity contribution < 1.29 is 9.90 Å². The molecule has 0 spiro atoms. The van der Waals surface area contributed by atoms with E-state index in [1.165, 1.54) is 103 Å². The monoisotopic (exact) mass is 340 g/mol. The van der Waals surface area contributed by atoms with Crippen molar-refractivity contribution >= 4 is 5.97 Å². The van der Waals surface area contributed by atoms with Crippen LogP contribution in [0.4, 0.5) is 0 Å². The molecular weight excluding hydrogens is 296 g/mol. The molecule has 0 aliphatic heterocycles. The van der Waals surface area contributed by atoms with Crippen LogP contribution in [0.3, 0.4) is 0 Å². The summed E-state index contributed by atoms with van der Waals surface area (Å²) in [4.78, 5) is 10.8. The molecule has 144 valence electrons. The molecule has 0 aromatic rings. The first-order valence-corrected chi connectivity index (χ1v) is 10.9. The standard InChI is InChI=1S/C22H44O2/c1-3-5-7-8-9-10-11-12-13-14-15-16-18-21(17-6-4-2)19-20-22(23)24/h21H,3-20H2,1-2H3,(H,23,24). The summed E-state index contributed by atoms with van der Waals surface area (Å²) in [7, 11) is 0. The lowest BCUT2D eigenvalue weighted by atomic mass is 9.91. The van der Waals surface area contributed by atoms with Crippen LogP contribution in [0.2, 0.25) is 0 Å². The van der Waals surface area contributed by atoms with Crippen molar-refractivity contribution in [2.24, 2.45) is 5.92 Å². The van der Waals surface area contributed by atoms with Gasteiger partial charge in [0.15, 0.2) is 0 Å². The van der Waals surface area contributed by atoms with Crippen molar-refractivity contribution in [3.63, 3.8) is 0 Å². The first-order chi connectivity index (χ1) is 11.7. The Morgan fingerprint density at radius 1 is 0.625 bits per heavy atom. The molecule has 0 fully saturated rings. The molecule has 2 nitrogen and oxygen atoms in total. The fraction of sp³-hybridized carbons (Fsp3) is 0.955. The number of rotatable bonds is 19. The highest BCUT2D eigenvalue weighted by molar-refractivity contribution is 5.66. The van der Waals surface area contributed by atoms with Crippen molar-refractivity contribution in [2.45, 2.75) is 129 Å². The van der Waals surface area contributed by atoms with Crippen molar-refractivity contribution in [3.05, 3.63) is 0 Å². The summed E-state index contributed by atoms with van der Waals surface area (Å²) in [5.74, 6) is 0.00960. The second kappa shape index (κ2) is 18.8. The van der Waals surface area contributed by atoms with Crippen molar-refractivity contribution in [2.75, 3.05) is 0 Å². The average molecular weight is 341 g/mol. The first-order valence-electron chi connectivity index (χ1n) is 10.9. The molecule has 1 N–H and O–H groups in total. The fourth-order valence-electron chi connectivity index (χ4n) is 3.53. The zero-order valence-corrected chi connectivity index (χ0v) is 16.7. The molecular formula is C22H44O2. The largest absolute Gasteiger partial charge is 0.481 e. The lowest BCUT2D eigenvalue weighted by Crippen LogP contribution is -2.05. The maximum absolute atomic E-state index is 10.8. The molecule has 0 aromatic carbocycles. The molecule has 0 aromatic heterocycles. The van der Waals surface area contributed by atoms with Gasteiger partial charge in [0, 0.05) is 6.42 Å². The Morgan fingerprint density at radius 2 is 1.04 bits per heavy atom. The van der Waals surface area contributed by atoms with Crippen LogP contribution in [0.5, 0.6) is 0 Å². The number of hydrogen-bond donors (Lipinski definition) is 1. The van der Waals surface area contributed by atoms with Crippen LogP contribution in [0.25, 0.3) is 0 Å². The van der Waals surface area contributed by atoms with E-state index in [4.69, 9.17) is 5.11 Å². The predicted octanol–water partition coefficient (Wildman–Crippen LogP) is 7.75. The van der Waals surface area contributed by atoms with Crippen molar-refractivity contribution in [3.8, 4) is 0 Å². The molecule has 24 heavy (non-hydrogen) atoms. The fourth-order valence-corrected chi connectivity index (χ4v) is 3.53. The summed E-state index contributed by atoms with van der Waals surface area (Å²) < 4.78 is 0. The Kier molecular flexibility index (Phi) is 18.4. The Bertz CT molecular complexity index is 263. The van der Waals surface area contributed by atoms with Gasteiger partial charge in [0.1, 0.15) is 0 Å². The van der Waals surface area contributed by atoms with Crippen LogP contribution in [0.15, 0.2) is 0 Å². The predicted molar refractivity (Wildman–Crippen MR) is 106 cm³/mol. The summed E-state index contributed by atoms with van der Waals surface area (Å²) in [6.45, 7) is 4.50.